The number of halogens is 3. The Bertz CT molecular complexity index is 1280. The van der Waals surface area contributed by atoms with E-state index in [-0.39, 0.29) is 0 Å². The summed E-state index contributed by atoms with van der Waals surface area (Å²) < 4.78 is 39.0. The van der Waals surface area contributed by atoms with Gasteiger partial charge in [0.1, 0.15) is 5.69 Å². The van der Waals surface area contributed by atoms with Crippen LogP contribution in [0, 0.1) is 0 Å². The first-order chi connectivity index (χ1) is 14.0. The Hall–Kier alpha value is -3.67. The maximum absolute atomic E-state index is 13.0. The summed E-state index contributed by atoms with van der Waals surface area (Å²) in [5, 5.41) is 0.979. The van der Waals surface area contributed by atoms with E-state index in [0.29, 0.717) is 5.56 Å². The van der Waals surface area contributed by atoms with Crippen molar-refractivity contribution in [3.8, 4) is 0 Å². The quantitative estimate of drug-likeness (QED) is 0.432. The van der Waals surface area contributed by atoms with E-state index < -0.39 is 11.9 Å². The summed E-state index contributed by atoms with van der Waals surface area (Å²) in [5.74, 6) is 0. The molecule has 0 unspecified atom stereocenters. The Morgan fingerprint density at radius 3 is 2.48 bits per heavy atom. The Labute approximate surface area is 164 Å². The van der Waals surface area contributed by atoms with E-state index in [1.807, 2.05) is 54.7 Å². The number of pyridine rings is 1. The molecule has 2 aromatic heterocycles. The van der Waals surface area contributed by atoms with Gasteiger partial charge >= 0.3 is 6.18 Å². The van der Waals surface area contributed by atoms with E-state index in [1.54, 1.807) is 6.21 Å². The van der Waals surface area contributed by atoms with Crippen LogP contribution in [-0.4, -0.2) is 16.2 Å². The highest BCUT2D eigenvalue weighted by molar-refractivity contribution is 6.27. The number of para-hydroxylation sites is 2. The summed E-state index contributed by atoms with van der Waals surface area (Å²) >= 11 is 0. The van der Waals surface area contributed by atoms with Crippen LogP contribution in [-0.2, 0) is 6.18 Å². The van der Waals surface area contributed by atoms with Crippen molar-refractivity contribution in [2.75, 3.05) is 0 Å². The number of aliphatic imine (C=N–C) groups is 1. The number of rotatable bonds is 2. The SMILES string of the molecule is FC(F)(F)c1ccc(C(=C2C=Nc3ccccc32)c2c[nH]c3ccccc23)cn1. The average molecular weight is 389 g/mol. The van der Waals surface area contributed by atoms with Crippen LogP contribution in [0.5, 0.6) is 0 Å². The molecule has 0 saturated carbocycles. The lowest BCUT2D eigenvalue weighted by Crippen LogP contribution is -2.07. The smallest absolute Gasteiger partial charge is 0.361 e. The molecule has 0 bridgehead atoms. The minimum Gasteiger partial charge on any atom is -0.361 e. The van der Waals surface area contributed by atoms with Gasteiger partial charge in [-0.1, -0.05) is 42.5 Å². The molecule has 2 aromatic carbocycles. The Morgan fingerprint density at radius 2 is 1.69 bits per heavy atom. The number of benzene rings is 2. The van der Waals surface area contributed by atoms with Gasteiger partial charge in [0.15, 0.2) is 0 Å². The zero-order valence-electron chi connectivity index (χ0n) is 15.0. The lowest BCUT2D eigenvalue weighted by Gasteiger charge is -2.13. The predicted molar refractivity (Wildman–Crippen MR) is 108 cm³/mol. The lowest BCUT2D eigenvalue weighted by atomic mass is 9.91. The Balaban J connectivity index is 1.78. The lowest BCUT2D eigenvalue weighted by molar-refractivity contribution is -0.141. The standard InChI is InChI=1S/C23H14F3N3/c24-23(25,26)21-10-9-14(11-29-21)22(17-12-27-19-7-3-1-5-15(17)19)18-13-28-20-8-4-2-6-16(18)20/h1-13,27H. The van der Waals surface area contributed by atoms with Crippen LogP contribution in [0.25, 0.3) is 22.0 Å². The van der Waals surface area contributed by atoms with Crippen LogP contribution in [0.3, 0.4) is 0 Å². The maximum atomic E-state index is 13.0. The summed E-state index contributed by atoms with van der Waals surface area (Å²) in [6, 6.07) is 18.0. The average Bonchev–Trinajstić information content (AvgIpc) is 3.34. The second-order valence-electron chi connectivity index (χ2n) is 6.74. The summed E-state index contributed by atoms with van der Waals surface area (Å²) in [5.41, 5.74) is 4.94. The zero-order chi connectivity index (χ0) is 20.0. The fourth-order valence-electron chi connectivity index (χ4n) is 3.66. The number of hydrogen-bond acceptors (Lipinski definition) is 2. The maximum Gasteiger partial charge on any atom is 0.433 e. The highest BCUT2D eigenvalue weighted by Crippen LogP contribution is 2.41. The van der Waals surface area contributed by atoms with Crippen molar-refractivity contribution in [1.82, 2.24) is 9.97 Å². The molecule has 0 radical (unpaired) electrons. The van der Waals surface area contributed by atoms with Crippen molar-refractivity contribution in [1.29, 1.82) is 0 Å². The molecule has 5 rings (SSSR count). The number of H-pyrrole nitrogens is 1. The molecule has 0 fully saturated rings. The van der Waals surface area contributed by atoms with Crippen molar-refractivity contribution < 1.29 is 13.2 Å². The van der Waals surface area contributed by atoms with Gasteiger partial charge in [-0.15, -0.1) is 0 Å². The topological polar surface area (TPSA) is 41.0 Å². The van der Waals surface area contributed by atoms with Crippen LogP contribution in [0.15, 0.2) is 78.0 Å². The molecule has 1 aliphatic heterocycles. The summed E-state index contributed by atoms with van der Waals surface area (Å²) in [6.45, 7) is 0. The molecule has 0 atom stereocenters. The molecule has 29 heavy (non-hydrogen) atoms. The van der Waals surface area contributed by atoms with E-state index in [1.165, 1.54) is 12.3 Å². The van der Waals surface area contributed by atoms with E-state index in [4.69, 9.17) is 0 Å². The van der Waals surface area contributed by atoms with Crippen LogP contribution < -0.4 is 0 Å². The monoisotopic (exact) mass is 389 g/mol. The van der Waals surface area contributed by atoms with Crippen LogP contribution >= 0.6 is 0 Å². The van der Waals surface area contributed by atoms with Gasteiger partial charge in [-0.05, 0) is 18.2 Å². The third-order valence-corrected chi connectivity index (χ3v) is 5.00. The first kappa shape index (κ1) is 17.4. The van der Waals surface area contributed by atoms with Gasteiger partial charge in [-0.3, -0.25) is 9.98 Å². The first-order valence-electron chi connectivity index (χ1n) is 9.00. The van der Waals surface area contributed by atoms with Gasteiger partial charge in [-0.25, -0.2) is 0 Å². The highest BCUT2D eigenvalue weighted by atomic mass is 19.4. The van der Waals surface area contributed by atoms with Gasteiger partial charge in [0.25, 0.3) is 0 Å². The second kappa shape index (κ2) is 6.44. The van der Waals surface area contributed by atoms with Gasteiger partial charge in [0, 0.05) is 57.3 Å². The van der Waals surface area contributed by atoms with Gasteiger partial charge in [0.2, 0.25) is 0 Å². The van der Waals surface area contributed by atoms with Gasteiger partial charge < -0.3 is 4.98 Å². The normalized spacial score (nSPS) is 15.0. The number of aromatic nitrogens is 2. The molecule has 6 heteroatoms. The first-order valence-corrected chi connectivity index (χ1v) is 9.00. The van der Waals surface area contributed by atoms with Crippen molar-refractivity contribution in [2.24, 2.45) is 4.99 Å². The van der Waals surface area contributed by atoms with Crippen molar-refractivity contribution in [3.63, 3.8) is 0 Å². The molecular weight excluding hydrogens is 375 g/mol. The van der Waals surface area contributed by atoms with Crippen LogP contribution in [0.2, 0.25) is 0 Å². The minimum atomic E-state index is -4.48. The van der Waals surface area contributed by atoms with Gasteiger partial charge in [-0.2, -0.15) is 13.2 Å². The Morgan fingerprint density at radius 1 is 0.897 bits per heavy atom. The fourth-order valence-corrected chi connectivity index (χ4v) is 3.66. The predicted octanol–water partition coefficient (Wildman–Crippen LogP) is 6.26. The number of hydrogen-bond donors (Lipinski definition) is 1. The number of aromatic amines is 1. The molecule has 3 heterocycles. The number of fused-ring (bicyclic) bond motifs is 2. The number of allylic oxidation sites excluding steroid dienone is 1. The van der Waals surface area contributed by atoms with E-state index in [9.17, 15) is 13.2 Å². The number of nitrogens with one attached hydrogen (secondary N) is 1. The minimum absolute atomic E-state index is 0.598. The second-order valence-corrected chi connectivity index (χ2v) is 6.74. The molecule has 142 valence electrons. The molecule has 0 spiro atoms. The molecule has 1 N–H and O–H groups in total. The summed E-state index contributed by atoms with van der Waals surface area (Å²) in [6.07, 6.45) is 0.439. The van der Waals surface area contributed by atoms with E-state index in [0.717, 1.165) is 44.9 Å². The Kier molecular flexibility index (Phi) is 3.87. The molecule has 3 nitrogen and oxygen atoms in total. The van der Waals surface area contributed by atoms with Crippen molar-refractivity contribution in [3.05, 3.63) is 95.4 Å². The van der Waals surface area contributed by atoms with Crippen molar-refractivity contribution in [2.45, 2.75) is 6.18 Å². The third-order valence-electron chi connectivity index (χ3n) is 5.00. The molecule has 0 saturated heterocycles. The number of alkyl halides is 3. The molecule has 4 aromatic rings. The summed E-state index contributed by atoms with van der Waals surface area (Å²) in [4.78, 5) is 11.4. The zero-order valence-corrected chi connectivity index (χ0v) is 15.0. The van der Waals surface area contributed by atoms with Crippen LogP contribution in [0.4, 0.5) is 18.9 Å². The molecule has 0 amide bonds. The number of nitrogens with zero attached hydrogens (tertiary/aromatic N) is 2. The summed E-state index contributed by atoms with van der Waals surface area (Å²) in [7, 11) is 0. The largest absolute Gasteiger partial charge is 0.433 e. The molecule has 0 aliphatic carbocycles. The van der Waals surface area contributed by atoms with E-state index in [2.05, 4.69) is 15.0 Å². The third kappa shape index (κ3) is 2.93. The fraction of sp³-hybridized carbons (Fsp3) is 0.0435. The molecular formula is C23H14F3N3. The van der Waals surface area contributed by atoms with Crippen LogP contribution in [0.1, 0.15) is 22.4 Å². The van der Waals surface area contributed by atoms with E-state index >= 15 is 0 Å². The van der Waals surface area contributed by atoms with Crippen molar-refractivity contribution >= 4 is 34.0 Å². The van der Waals surface area contributed by atoms with Gasteiger partial charge in [0.05, 0.1) is 5.69 Å². The highest BCUT2D eigenvalue weighted by Gasteiger charge is 2.32. The molecule has 1 aliphatic rings.